The lowest BCUT2D eigenvalue weighted by Gasteiger charge is -2.24. The number of ketones is 1. The fraction of sp³-hybridized carbons (Fsp3) is 0.467. The summed E-state index contributed by atoms with van der Waals surface area (Å²) < 4.78 is 5.47. The van der Waals surface area contributed by atoms with Crippen LogP contribution in [0, 0.1) is 11.3 Å². The molecule has 3 nitrogen and oxygen atoms in total. The molecule has 18 heavy (non-hydrogen) atoms. The van der Waals surface area contributed by atoms with Crippen molar-refractivity contribution in [3.63, 3.8) is 0 Å². The van der Waals surface area contributed by atoms with Crippen molar-refractivity contribution >= 4 is 5.78 Å². The predicted octanol–water partition coefficient (Wildman–Crippen LogP) is 2.85. The molecule has 96 valence electrons. The molecule has 0 spiro atoms. The highest BCUT2D eigenvalue weighted by Gasteiger charge is 2.37. The molecule has 0 aliphatic carbocycles. The molecule has 1 atom stereocenters. The van der Waals surface area contributed by atoms with Gasteiger partial charge in [0.25, 0.3) is 0 Å². The fourth-order valence-corrected chi connectivity index (χ4v) is 1.89. The topological polar surface area (TPSA) is 50.1 Å². The molecule has 0 bridgehead atoms. The molecular formula is C15H19NO2. The second-order valence-electron chi connectivity index (χ2n) is 4.61. The molecule has 1 aromatic carbocycles. The van der Waals surface area contributed by atoms with Gasteiger partial charge >= 0.3 is 0 Å². The standard InChI is InChI=1S/C15H19NO2/c1-12(2)18-10-9-15(11-16,13(3)17)14-7-5-4-6-8-14/h4-8,12H,9-10H2,1-3H3. The summed E-state index contributed by atoms with van der Waals surface area (Å²) in [4.78, 5) is 11.9. The van der Waals surface area contributed by atoms with E-state index in [1.807, 2.05) is 44.2 Å². The summed E-state index contributed by atoms with van der Waals surface area (Å²) in [5.74, 6) is -0.136. The van der Waals surface area contributed by atoms with Crippen molar-refractivity contribution in [3.8, 4) is 6.07 Å². The van der Waals surface area contributed by atoms with E-state index in [-0.39, 0.29) is 11.9 Å². The number of carbonyl (C=O) groups excluding carboxylic acids is 1. The Labute approximate surface area is 108 Å². The van der Waals surface area contributed by atoms with Gasteiger partial charge in [0.1, 0.15) is 5.41 Å². The molecule has 0 radical (unpaired) electrons. The van der Waals surface area contributed by atoms with E-state index in [9.17, 15) is 10.1 Å². The van der Waals surface area contributed by atoms with Gasteiger partial charge in [0, 0.05) is 13.0 Å². The summed E-state index contributed by atoms with van der Waals surface area (Å²) in [5.41, 5.74) is -0.344. The normalized spacial score (nSPS) is 13.9. The highest BCUT2D eigenvalue weighted by atomic mass is 16.5. The van der Waals surface area contributed by atoms with Crippen LogP contribution < -0.4 is 0 Å². The molecule has 0 saturated heterocycles. The van der Waals surface area contributed by atoms with E-state index < -0.39 is 5.41 Å². The molecule has 0 aliphatic rings. The molecule has 0 aliphatic heterocycles. The van der Waals surface area contributed by atoms with E-state index in [1.165, 1.54) is 6.92 Å². The van der Waals surface area contributed by atoms with Crippen LogP contribution in [-0.4, -0.2) is 18.5 Å². The van der Waals surface area contributed by atoms with E-state index in [0.717, 1.165) is 5.56 Å². The monoisotopic (exact) mass is 245 g/mol. The van der Waals surface area contributed by atoms with E-state index in [4.69, 9.17) is 4.74 Å². The molecule has 0 aromatic heterocycles. The van der Waals surface area contributed by atoms with Crippen molar-refractivity contribution in [2.45, 2.75) is 38.7 Å². The Kier molecular flexibility index (Phi) is 5.06. The van der Waals surface area contributed by atoms with Crippen LogP contribution in [0.25, 0.3) is 0 Å². The number of nitriles is 1. The Bertz CT molecular complexity index is 434. The van der Waals surface area contributed by atoms with Gasteiger partial charge in [0.05, 0.1) is 12.2 Å². The summed E-state index contributed by atoms with van der Waals surface area (Å²) in [6.07, 6.45) is 0.491. The van der Waals surface area contributed by atoms with Gasteiger partial charge in [0.2, 0.25) is 0 Å². The van der Waals surface area contributed by atoms with Gasteiger partial charge in [-0.25, -0.2) is 0 Å². The maximum atomic E-state index is 11.9. The number of hydrogen-bond donors (Lipinski definition) is 0. The van der Waals surface area contributed by atoms with Crippen molar-refractivity contribution in [2.24, 2.45) is 0 Å². The number of hydrogen-bond acceptors (Lipinski definition) is 3. The number of Topliss-reactive ketones (excluding diaryl/α,β-unsaturated/α-hetero) is 1. The first-order chi connectivity index (χ1) is 8.53. The Balaban J connectivity index is 2.97. The van der Waals surface area contributed by atoms with Crippen molar-refractivity contribution in [1.29, 1.82) is 5.26 Å². The van der Waals surface area contributed by atoms with Crippen LogP contribution >= 0.6 is 0 Å². The van der Waals surface area contributed by atoms with Gasteiger partial charge in [-0.1, -0.05) is 30.3 Å². The SMILES string of the molecule is CC(=O)C(C#N)(CCOC(C)C)c1ccccc1. The third kappa shape index (κ3) is 3.18. The molecule has 0 heterocycles. The minimum atomic E-state index is -1.09. The third-order valence-electron chi connectivity index (χ3n) is 2.99. The fourth-order valence-electron chi connectivity index (χ4n) is 1.89. The van der Waals surface area contributed by atoms with E-state index in [0.29, 0.717) is 13.0 Å². The van der Waals surface area contributed by atoms with Gasteiger partial charge in [0.15, 0.2) is 5.78 Å². The van der Waals surface area contributed by atoms with E-state index in [1.54, 1.807) is 0 Å². The Hall–Kier alpha value is -1.66. The predicted molar refractivity (Wildman–Crippen MR) is 70.1 cm³/mol. The number of benzene rings is 1. The number of ether oxygens (including phenoxy) is 1. The van der Waals surface area contributed by atoms with Crippen molar-refractivity contribution in [2.75, 3.05) is 6.61 Å². The second kappa shape index (κ2) is 6.32. The molecule has 0 fully saturated rings. The van der Waals surface area contributed by atoms with Gasteiger partial charge in [-0.3, -0.25) is 4.79 Å². The smallest absolute Gasteiger partial charge is 0.154 e. The van der Waals surface area contributed by atoms with Gasteiger partial charge in [-0.15, -0.1) is 0 Å². The molecule has 0 saturated carbocycles. The lowest BCUT2D eigenvalue weighted by molar-refractivity contribution is -0.121. The summed E-state index contributed by atoms with van der Waals surface area (Å²) >= 11 is 0. The van der Waals surface area contributed by atoms with Crippen LogP contribution in [0.1, 0.15) is 32.8 Å². The van der Waals surface area contributed by atoms with Crippen molar-refractivity contribution in [1.82, 2.24) is 0 Å². The first-order valence-electron chi connectivity index (χ1n) is 6.12. The summed E-state index contributed by atoms with van der Waals surface area (Å²) in [7, 11) is 0. The average Bonchev–Trinajstić information content (AvgIpc) is 2.35. The summed E-state index contributed by atoms with van der Waals surface area (Å²) in [6.45, 7) is 5.74. The molecule has 3 heteroatoms. The van der Waals surface area contributed by atoms with Crippen LogP contribution in [0.15, 0.2) is 30.3 Å². The minimum Gasteiger partial charge on any atom is -0.379 e. The highest BCUT2D eigenvalue weighted by molar-refractivity contribution is 5.91. The summed E-state index contributed by atoms with van der Waals surface area (Å²) in [5, 5.41) is 9.44. The molecule has 1 aromatic rings. The van der Waals surface area contributed by atoms with Crippen LogP contribution in [-0.2, 0) is 14.9 Å². The Morgan fingerprint density at radius 2 is 2.00 bits per heavy atom. The quantitative estimate of drug-likeness (QED) is 0.774. The van der Waals surface area contributed by atoms with Crippen molar-refractivity contribution < 1.29 is 9.53 Å². The number of rotatable bonds is 6. The molecule has 1 unspecified atom stereocenters. The maximum absolute atomic E-state index is 11.9. The zero-order valence-corrected chi connectivity index (χ0v) is 11.1. The third-order valence-corrected chi connectivity index (χ3v) is 2.99. The maximum Gasteiger partial charge on any atom is 0.154 e. The minimum absolute atomic E-state index is 0.101. The molecule has 0 N–H and O–H groups in total. The number of nitrogens with zero attached hydrogens (tertiary/aromatic N) is 1. The lowest BCUT2D eigenvalue weighted by Crippen LogP contribution is -2.34. The second-order valence-corrected chi connectivity index (χ2v) is 4.61. The summed E-state index contributed by atoms with van der Waals surface area (Å²) in [6, 6.07) is 11.4. The van der Waals surface area contributed by atoms with Gasteiger partial charge in [-0.2, -0.15) is 5.26 Å². The zero-order valence-electron chi connectivity index (χ0n) is 11.1. The largest absolute Gasteiger partial charge is 0.379 e. The van der Waals surface area contributed by atoms with Crippen LogP contribution in [0.4, 0.5) is 0 Å². The van der Waals surface area contributed by atoms with Gasteiger partial charge < -0.3 is 4.74 Å². The molecule has 0 amide bonds. The Morgan fingerprint density at radius 1 is 1.39 bits per heavy atom. The van der Waals surface area contributed by atoms with Crippen LogP contribution in [0.5, 0.6) is 0 Å². The zero-order chi connectivity index (χ0) is 13.6. The molecule has 1 rings (SSSR count). The van der Waals surface area contributed by atoms with Gasteiger partial charge in [-0.05, 0) is 26.3 Å². The van der Waals surface area contributed by atoms with Crippen LogP contribution in [0.2, 0.25) is 0 Å². The van der Waals surface area contributed by atoms with E-state index in [2.05, 4.69) is 6.07 Å². The van der Waals surface area contributed by atoms with Crippen molar-refractivity contribution in [3.05, 3.63) is 35.9 Å². The Morgan fingerprint density at radius 3 is 2.44 bits per heavy atom. The first kappa shape index (κ1) is 14.4. The number of carbonyl (C=O) groups is 1. The first-order valence-corrected chi connectivity index (χ1v) is 6.12. The highest BCUT2D eigenvalue weighted by Crippen LogP contribution is 2.28. The van der Waals surface area contributed by atoms with E-state index >= 15 is 0 Å². The molecular weight excluding hydrogens is 226 g/mol. The lowest BCUT2D eigenvalue weighted by atomic mass is 9.76. The average molecular weight is 245 g/mol. The van der Waals surface area contributed by atoms with Crippen LogP contribution in [0.3, 0.4) is 0 Å².